The zero-order valence-electron chi connectivity index (χ0n) is 31.9. The van der Waals surface area contributed by atoms with E-state index in [2.05, 4.69) is 13.8 Å². The molecule has 0 fully saturated rings. The molecule has 284 valence electrons. The summed E-state index contributed by atoms with van der Waals surface area (Å²) in [5, 5.41) is 18.7. The summed E-state index contributed by atoms with van der Waals surface area (Å²) in [5.41, 5.74) is 0. The van der Waals surface area contributed by atoms with Gasteiger partial charge in [-0.05, 0) is 19.3 Å². The molecule has 2 N–H and O–H groups in total. The van der Waals surface area contributed by atoms with Crippen molar-refractivity contribution in [1.82, 2.24) is 0 Å². The van der Waals surface area contributed by atoms with Crippen molar-refractivity contribution in [3.05, 3.63) is 0 Å². The van der Waals surface area contributed by atoms with Gasteiger partial charge in [0.15, 0.2) is 7.37 Å². The Morgan fingerprint density at radius 2 is 0.894 bits per heavy atom. The molecule has 0 saturated carbocycles. The van der Waals surface area contributed by atoms with Crippen LogP contribution in [0.5, 0.6) is 0 Å². The van der Waals surface area contributed by atoms with Gasteiger partial charge in [0.25, 0.3) is 0 Å². The lowest BCUT2D eigenvalue weighted by Crippen LogP contribution is -2.26. The Hall–Kier alpha value is 0.0300. The molecular weight excluding hydrogens is 607 g/mol. The highest BCUT2D eigenvalue weighted by atomic mass is 31.2. The maximum atomic E-state index is 12.9. The third-order valence-electron chi connectivity index (χ3n) is 9.41. The second kappa shape index (κ2) is 37.3. The Balaban J connectivity index is 4.03. The lowest BCUT2D eigenvalue weighted by Gasteiger charge is -2.21. The fourth-order valence-corrected chi connectivity index (χ4v) is 7.46. The van der Waals surface area contributed by atoms with Gasteiger partial charge in [0.1, 0.15) is 6.10 Å². The molecule has 7 heteroatoms. The SMILES string of the molecule is CCCCCCCCCCCCCCCCOCC(COP(C)(=O)CCC(O)CO)OCCCCCCCCCCCCCCCC. The van der Waals surface area contributed by atoms with E-state index in [1.807, 2.05) is 0 Å². The van der Waals surface area contributed by atoms with Crippen molar-refractivity contribution < 1.29 is 28.8 Å². The van der Waals surface area contributed by atoms with Gasteiger partial charge in [0.05, 0.1) is 25.9 Å². The van der Waals surface area contributed by atoms with E-state index >= 15 is 0 Å². The van der Waals surface area contributed by atoms with Crippen molar-refractivity contribution in [3.63, 3.8) is 0 Å². The fraction of sp³-hybridized carbons (Fsp3) is 1.00. The van der Waals surface area contributed by atoms with Crippen molar-refractivity contribution in [2.24, 2.45) is 0 Å². The van der Waals surface area contributed by atoms with Gasteiger partial charge in [-0.25, -0.2) is 0 Å². The quantitative estimate of drug-likeness (QED) is 0.0492. The van der Waals surface area contributed by atoms with Gasteiger partial charge < -0.3 is 24.2 Å². The second-order valence-corrected chi connectivity index (χ2v) is 17.2. The number of unbranched alkanes of at least 4 members (excludes halogenated alkanes) is 26. The summed E-state index contributed by atoms with van der Waals surface area (Å²) in [6, 6.07) is 0. The minimum atomic E-state index is -2.87. The van der Waals surface area contributed by atoms with E-state index in [4.69, 9.17) is 19.1 Å². The van der Waals surface area contributed by atoms with Crippen LogP contribution in [0.15, 0.2) is 0 Å². The van der Waals surface area contributed by atoms with Gasteiger partial charge in [0.2, 0.25) is 0 Å². The van der Waals surface area contributed by atoms with E-state index in [1.54, 1.807) is 6.66 Å². The summed E-state index contributed by atoms with van der Waals surface area (Å²) in [7, 11) is -2.87. The number of aliphatic hydroxyl groups is 2. The van der Waals surface area contributed by atoms with Gasteiger partial charge in [-0.2, -0.15) is 0 Å². The van der Waals surface area contributed by atoms with Crippen molar-refractivity contribution in [3.8, 4) is 0 Å². The molecule has 0 heterocycles. The van der Waals surface area contributed by atoms with Crippen molar-refractivity contribution in [2.75, 3.05) is 45.9 Å². The highest BCUT2D eigenvalue weighted by Gasteiger charge is 2.21. The molecular formula is C40H83O6P. The second-order valence-electron chi connectivity index (χ2n) is 14.4. The maximum absolute atomic E-state index is 12.9. The standard InChI is InChI=1S/C40H83O6P/c1-4-6-8-10-12-14-16-18-20-22-24-26-28-30-33-44-37-40(38-46-47(3,43)35-32-39(42)36-41)45-34-31-29-27-25-23-21-19-17-15-13-11-9-7-5-2/h39-42H,4-38H2,1-3H3. The highest BCUT2D eigenvalue weighted by molar-refractivity contribution is 7.58. The molecule has 0 aliphatic carbocycles. The Bertz CT molecular complexity index is 648. The number of ether oxygens (including phenoxy) is 2. The molecule has 3 atom stereocenters. The van der Waals surface area contributed by atoms with Crippen LogP contribution in [0, 0.1) is 0 Å². The molecule has 0 aliphatic heterocycles. The number of aliphatic hydroxyl groups excluding tert-OH is 2. The molecule has 0 rings (SSSR count). The van der Waals surface area contributed by atoms with Gasteiger partial charge >= 0.3 is 0 Å². The predicted molar refractivity (Wildman–Crippen MR) is 203 cm³/mol. The molecule has 0 bridgehead atoms. The molecule has 0 amide bonds. The fourth-order valence-electron chi connectivity index (χ4n) is 6.08. The summed E-state index contributed by atoms with van der Waals surface area (Å²) in [6.07, 6.45) is 36.9. The van der Waals surface area contributed by atoms with Crippen LogP contribution in [0.25, 0.3) is 0 Å². The smallest absolute Gasteiger partial charge is 0.200 e. The lowest BCUT2D eigenvalue weighted by molar-refractivity contribution is -0.0384. The molecule has 0 aromatic carbocycles. The molecule has 0 saturated heterocycles. The largest absolute Gasteiger partial charge is 0.394 e. The third kappa shape index (κ3) is 37.1. The van der Waals surface area contributed by atoms with Crippen LogP contribution < -0.4 is 0 Å². The molecule has 0 radical (unpaired) electrons. The molecule has 6 nitrogen and oxygen atoms in total. The number of hydrogen-bond donors (Lipinski definition) is 2. The Morgan fingerprint density at radius 1 is 0.532 bits per heavy atom. The predicted octanol–water partition coefficient (Wildman–Crippen LogP) is 12.0. The van der Waals surface area contributed by atoms with E-state index in [1.165, 1.54) is 167 Å². The first kappa shape index (κ1) is 47.0. The van der Waals surface area contributed by atoms with Crippen LogP contribution >= 0.6 is 7.37 Å². The van der Waals surface area contributed by atoms with Crippen LogP contribution in [0.1, 0.15) is 200 Å². The summed E-state index contributed by atoms with van der Waals surface area (Å²) in [6.45, 7) is 7.93. The molecule has 3 unspecified atom stereocenters. The topological polar surface area (TPSA) is 85.2 Å². The Labute approximate surface area is 293 Å². The normalized spacial score (nSPS) is 14.4. The van der Waals surface area contributed by atoms with Crippen molar-refractivity contribution in [2.45, 2.75) is 212 Å². The number of hydrogen-bond acceptors (Lipinski definition) is 6. The van der Waals surface area contributed by atoms with Gasteiger partial charge in [-0.15, -0.1) is 0 Å². The van der Waals surface area contributed by atoms with Crippen LogP contribution in [0.4, 0.5) is 0 Å². The zero-order valence-corrected chi connectivity index (χ0v) is 32.8. The van der Waals surface area contributed by atoms with E-state index in [0.29, 0.717) is 13.2 Å². The average Bonchev–Trinajstić information content (AvgIpc) is 3.07. The zero-order chi connectivity index (χ0) is 34.5. The van der Waals surface area contributed by atoms with Crippen molar-refractivity contribution >= 4 is 7.37 Å². The first-order valence-electron chi connectivity index (χ1n) is 20.6. The van der Waals surface area contributed by atoms with Crippen molar-refractivity contribution in [1.29, 1.82) is 0 Å². The van der Waals surface area contributed by atoms with E-state index in [0.717, 1.165) is 19.4 Å². The lowest BCUT2D eigenvalue weighted by atomic mass is 10.0. The van der Waals surface area contributed by atoms with Gasteiger partial charge in [-0.1, -0.05) is 181 Å². The maximum Gasteiger partial charge on any atom is 0.200 e. The van der Waals surface area contributed by atoms with Crippen LogP contribution in [-0.2, 0) is 18.6 Å². The minimum Gasteiger partial charge on any atom is -0.394 e. The van der Waals surface area contributed by atoms with Crippen LogP contribution in [0.3, 0.4) is 0 Å². The van der Waals surface area contributed by atoms with Crippen LogP contribution in [-0.4, -0.2) is 68.3 Å². The average molecular weight is 691 g/mol. The first-order valence-corrected chi connectivity index (χ1v) is 22.9. The van der Waals surface area contributed by atoms with Gasteiger partial charge in [0, 0.05) is 26.0 Å². The summed E-state index contributed by atoms with van der Waals surface area (Å²) in [4.78, 5) is 0. The van der Waals surface area contributed by atoms with E-state index in [-0.39, 0.29) is 31.9 Å². The number of rotatable bonds is 40. The van der Waals surface area contributed by atoms with E-state index < -0.39 is 13.5 Å². The molecule has 0 aromatic rings. The van der Waals surface area contributed by atoms with Gasteiger partial charge in [-0.3, -0.25) is 4.57 Å². The summed E-state index contributed by atoms with van der Waals surface area (Å²) >= 11 is 0. The highest BCUT2D eigenvalue weighted by Crippen LogP contribution is 2.43. The molecule has 47 heavy (non-hydrogen) atoms. The monoisotopic (exact) mass is 691 g/mol. The molecule has 0 spiro atoms. The Morgan fingerprint density at radius 3 is 1.28 bits per heavy atom. The first-order chi connectivity index (χ1) is 22.9. The van der Waals surface area contributed by atoms with E-state index in [9.17, 15) is 9.67 Å². The van der Waals surface area contributed by atoms with Crippen LogP contribution in [0.2, 0.25) is 0 Å². The third-order valence-corrected chi connectivity index (χ3v) is 11.2. The molecule has 0 aliphatic rings. The Kier molecular flexibility index (Phi) is 37.3. The summed E-state index contributed by atoms with van der Waals surface area (Å²) < 4.78 is 30.8. The molecule has 0 aromatic heterocycles. The summed E-state index contributed by atoms with van der Waals surface area (Å²) in [5.74, 6) is 0. The minimum absolute atomic E-state index is 0.236.